The van der Waals surface area contributed by atoms with Crippen LogP contribution in [0.15, 0.2) is 54.9 Å². The fraction of sp³-hybridized carbons (Fsp3) is 0.111. The maximum atomic E-state index is 13.2. The van der Waals surface area contributed by atoms with Gasteiger partial charge in [-0.3, -0.25) is 10.1 Å². The van der Waals surface area contributed by atoms with Crippen molar-refractivity contribution >= 4 is 28.7 Å². The quantitative estimate of drug-likeness (QED) is 0.289. The molecule has 3 aromatic rings. The summed E-state index contributed by atoms with van der Waals surface area (Å²) in [5.41, 5.74) is -3.23. The van der Waals surface area contributed by atoms with E-state index in [2.05, 4.69) is 20.6 Å². The van der Waals surface area contributed by atoms with Gasteiger partial charge in [0.2, 0.25) is 11.6 Å². The number of nitrogens with one attached hydrogen (secondary N) is 2. The van der Waals surface area contributed by atoms with E-state index < -0.39 is 51.4 Å². The lowest BCUT2D eigenvalue weighted by Crippen LogP contribution is -2.11. The fourth-order valence-electron chi connectivity index (χ4n) is 2.58. The zero-order chi connectivity index (χ0) is 22.8. The summed E-state index contributed by atoms with van der Waals surface area (Å²) >= 11 is 0. The van der Waals surface area contributed by atoms with Gasteiger partial charge in [-0.1, -0.05) is 12.1 Å². The summed E-state index contributed by atoms with van der Waals surface area (Å²) < 4.78 is 77.6. The Hall–Kier alpha value is -3.90. The third-order valence-electron chi connectivity index (χ3n) is 3.97. The number of anilines is 4. The van der Waals surface area contributed by atoms with Gasteiger partial charge in [0.25, 0.3) is 0 Å². The first-order valence-electron chi connectivity index (χ1n) is 8.33. The number of aromatic nitrogens is 2. The normalized spacial score (nSPS) is 11.8. The van der Waals surface area contributed by atoms with Gasteiger partial charge in [0.05, 0.1) is 21.7 Å². The Labute approximate surface area is 169 Å². The molecule has 7 nitrogen and oxygen atoms in total. The monoisotopic (exact) mass is 443 g/mol. The van der Waals surface area contributed by atoms with E-state index in [0.717, 1.165) is 48.8 Å². The lowest BCUT2D eigenvalue weighted by molar-refractivity contribution is -0.383. The maximum Gasteiger partial charge on any atom is 0.418 e. The minimum Gasteiger partial charge on any atom is -0.334 e. The molecule has 0 fully saturated rings. The van der Waals surface area contributed by atoms with Gasteiger partial charge in [-0.2, -0.15) is 26.3 Å². The van der Waals surface area contributed by atoms with Gasteiger partial charge in [-0.15, -0.1) is 0 Å². The molecule has 0 spiro atoms. The third kappa shape index (κ3) is 4.99. The van der Waals surface area contributed by atoms with E-state index in [-0.39, 0.29) is 5.69 Å². The van der Waals surface area contributed by atoms with Crippen LogP contribution in [-0.2, 0) is 12.4 Å². The van der Waals surface area contributed by atoms with Gasteiger partial charge in [0.15, 0.2) is 0 Å². The first-order valence-corrected chi connectivity index (χ1v) is 8.33. The van der Waals surface area contributed by atoms with Crippen molar-refractivity contribution in [1.29, 1.82) is 0 Å². The predicted molar refractivity (Wildman–Crippen MR) is 98.1 cm³/mol. The summed E-state index contributed by atoms with van der Waals surface area (Å²) in [7, 11) is 0. The molecule has 0 saturated carbocycles. The zero-order valence-corrected chi connectivity index (χ0v) is 15.1. The molecule has 13 heteroatoms. The molecule has 0 saturated heterocycles. The van der Waals surface area contributed by atoms with Crippen LogP contribution in [0.25, 0.3) is 0 Å². The molecule has 0 radical (unpaired) electrons. The summed E-state index contributed by atoms with van der Waals surface area (Å²) in [5.74, 6) is -0.960. The third-order valence-corrected chi connectivity index (χ3v) is 3.97. The lowest BCUT2D eigenvalue weighted by atomic mass is 10.1. The first kappa shape index (κ1) is 21.8. The Balaban J connectivity index is 1.97. The van der Waals surface area contributed by atoms with Gasteiger partial charge in [-0.25, -0.2) is 9.97 Å². The molecule has 1 heterocycles. The molecule has 162 valence electrons. The molecule has 2 N–H and O–H groups in total. The van der Waals surface area contributed by atoms with E-state index in [1.54, 1.807) is 0 Å². The van der Waals surface area contributed by atoms with Crippen molar-refractivity contribution in [2.75, 3.05) is 10.6 Å². The Kier molecular flexibility index (Phi) is 5.69. The molecule has 1 aromatic heterocycles. The molecule has 0 bridgehead atoms. The molecule has 0 aliphatic carbocycles. The van der Waals surface area contributed by atoms with Crippen LogP contribution in [0, 0.1) is 10.1 Å². The zero-order valence-electron chi connectivity index (χ0n) is 15.1. The molecule has 0 atom stereocenters. The highest BCUT2D eigenvalue weighted by molar-refractivity contribution is 5.77. The maximum absolute atomic E-state index is 13.2. The summed E-state index contributed by atoms with van der Waals surface area (Å²) in [6, 6.07) is 7.88. The van der Waals surface area contributed by atoms with E-state index >= 15 is 0 Å². The van der Waals surface area contributed by atoms with E-state index in [9.17, 15) is 36.5 Å². The average molecular weight is 443 g/mol. The van der Waals surface area contributed by atoms with Crippen molar-refractivity contribution < 1.29 is 31.3 Å². The number of halogens is 6. The number of para-hydroxylation sites is 1. The van der Waals surface area contributed by atoms with Crippen molar-refractivity contribution in [1.82, 2.24) is 9.97 Å². The van der Waals surface area contributed by atoms with Gasteiger partial charge < -0.3 is 10.6 Å². The Morgan fingerprint density at radius 3 is 1.94 bits per heavy atom. The largest absolute Gasteiger partial charge is 0.418 e. The number of benzene rings is 2. The van der Waals surface area contributed by atoms with Gasteiger partial charge in [0, 0.05) is 5.69 Å². The van der Waals surface area contributed by atoms with Gasteiger partial charge in [-0.05, 0) is 36.4 Å². The molecular weight excluding hydrogens is 432 g/mol. The van der Waals surface area contributed by atoms with Crippen molar-refractivity contribution in [2.45, 2.75) is 12.4 Å². The topological polar surface area (TPSA) is 93.0 Å². The molecular formula is C18H11F6N5O2. The van der Waals surface area contributed by atoms with E-state index in [0.29, 0.717) is 0 Å². The van der Waals surface area contributed by atoms with Crippen LogP contribution in [0.5, 0.6) is 0 Å². The van der Waals surface area contributed by atoms with Crippen molar-refractivity contribution in [3.63, 3.8) is 0 Å². The minimum absolute atomic E-state index is 0.0384. The lowest BCUT2D eigenvalue weighted by Gasteiger charge is -2.15. The van der Waals surface area contributed by atoms with Crippen LogP contribution < -0.4 is 10.6 Å². The molecule has 0 unspecified atom stereocenters. The van der Waals surface area contributed by atoms with Crippen LogP contribution >= 0.6 is 0 Å². The molecule has 2 aromatic carbocycles. The fourth-order valence-corrected chi connectivity index (χ4v) is 2.58. The standard InChI is InChI=1S/C18H11F6N5O2/c19-17(20,21)10-5-7-11(8-6-10)27-15-14(29(30)31)16(26-9-25-15)28-13-4-2-1-3-12(13)18(22,23)24/h1-9H,(H2,25,26,27,28). The first-order chi connectivity index (χ1) is 14.5. The molecule has 0 aliphatic heterocycles. The highest BCUT2D eigenvalue weighted by atomic mass is 19.4. The molecule has 3 rings (SSSR count). The number of hydrogen-bond donors (Lipinski definition) is 2. The summed E-state index contributed by atoms with van der Waals surface area (Å²) in [6.45, 7) is 0. The van der Waals surface area contributed by atoms with E-state index in [4.69, 9.17) is 0 Å². The highest BCUT2D eigenvalue weighted by Crippen LogP contribution is 2.39. The smallest absolute Gasteiger partial charge is 0.334 e. The second kappa shape index (κ2) is 8.08. The van der Waals surface area contributed by atoms with Crippen molar-refractivity contribution in [3.8, 4) is 0 Å². The number of rotatable bonds is 5. The average Bonchev–Trinajstić information content (AvgIpc) is 2.67. The number of nitrogens with zero attached hydrogens (tertiary/aromatic N) is 3. The second-order valence-corrected chi connectivity index (χ2v) is 6.05. The highest BCUT2D eigenvalue weighted by Gasteiger charge is 2.34. The Morgan fingerprint density at radius 2 is 1.39 bits per heavy atom. The summed E-state index contributed by atoms with van der Waals surface area (Å²) in [5, 5.41) is 16.3. The van der Waals surface area contributed by atoms with Crippen LogP contribution in [0.1, 0.15) is 11.1 Å². The van der Waals surface area contributed by atoms with E-state index in [1.165, 1.54) is 6.07 Å². The Morgan fingerprint density at radius 1 is 0.806 bits per heavy atom. The predicted octanol–water partition coefficient (Wildman–Crippen LogP) is 5.91. The van der Waals surface area contributed by atoms with E-state index in [1.807, 2.05) is 0 Å². The number of hydrogen-bond acceptors (Lipinski definition) is 6. The van der Waals surface area contributed by atoms with Crippen LogP contribution in [0.3, 0.4) is 0 Å². The molecule has 0 amide bonds. The summed E-state index contributed by atoms with van der Waals surface area (Å²) in [4.78, 5) is 18.0. The van der Waals surface area contributed by atoms with Gasteiger partial charge in [0.1, 0.15) is 6.33 Å². The Bertz CT molecular complexity index is 1100. The minimum atomic E-state index is -4.73. The molecule has 31 heavy (non-hydrogen) atoms. The molecule has 0 aliphatic rings. The number of alkyl halides is 6. The van der Waals surface area contributed by atoms with Crippen LogP contribution in [-0.4, -0.2) is 14.9 Å². The van der Waals surface area contributed by atoms with Crippen LogP contribution in [0.2, 0.25) is 0 Å². The SMILES string of the molecule is O=[N+]([O-])c1c(Nc2ccc(C(F)(F)F)cc2)ncnc1Nc1ccccc1C(F)(F)F. The summed E-state index contributed by atoms with van der Waals surface area (Å²) in [6.07, 6.45) is -8.44. The van der Waals surface area contributed by atoms with Crippen LogP contribution in [0.4, 0.5) is 55.0 Å². The number of nitro groups is 1. The van der Waals surface area contributed by atoms with Crippen molar-refractivity contribution in [2.24, 2.45) is 0 Å². The van der Waals surface area contributed by atoms with Gasteiger partial charge >= 0.3 is 18.0 Å². The second-order valence-electron chi connectivity index (χ2n) is 6.05. The van der Waals surface area contributed by atoms with Crippen molar-refractivity contribution in [3.05, 3.63) is 76.1 Å².